The van der Waals surface area contributed by atoms with E-state index in [4.69, 9.17) is 5.11 Å². The molecule has 0 aromatic heterocycles. The van der Waals surface area contributed by atoms with Crippen LogP contribution in [-0.4, -0.2) is 40.6 Å². The summed E-state index contributed by atoms with van der Waals surface area (Å²) in [4.78, 5) is 23.6. The highest BCUT2D eigenvalue weighted by molar-refractivity contribution is 7.99. The van der Waals surface area contributed by atoms with E-state index in [0.29, 0.717) is 11.3 Å². The number of carboxylic acid groups (broad SMARTS) is 1. The molecule has 1 aromatic rings. The molecule has 6 nitrogen and oxygen atoms in total. The highest BCUT2D eigenvalue weighted by Gasteiger charge is 2.23. The van der Waals surface area contributed by atoms with Crippen molar-refractivity contribution in [3.63, 3.8) is 0 Å². The molecule has 0 radical (unpaired) electrons. The van der Waals surface area contributed by atoms with Gasteiger partial charge < -0.3 is 10.0 Å². The largest absolute Gasteiger partial charge is 0.478 e. The third-order valence-electron chi connectivity index (χ3n) is 3.15. The molecule has 1 aromatic carbocycles. The molecular weight excluding hydrogens is 268 g/mol. The fourth-order valence-electron chi connectivity index (χ4n) is 2.13. The Morgan fingerprint density at radius 1 is 1.42 bits per heavy atom. The van der Waals surface area contributed by atoms with E-state index in [2.05, 4.69) is 0 Å². The van der Waals surface area contributed by atoms with Crippen LogP contribution in [0.5, 0.6) is 0 Å². The predicted molar refractivity (Wildman–Crippen MR) is 74.3 cm³/mol. The van der Waals surface area contributed by atoms with Crippen LogP contribution in [-0.2, 0) is 0 Å². The number of hydrogen-bond acceptors (Lipinski definition) is 5. The number of carbonyl (C=O) groups is 1. The van der Waals surface area contributed by atoms with Crippen molar-refractivity contribution in [1.82, 2.24) is 0 Å². The number of thioether (sulfide) groups is 1. The summed E-state index contributed by atoms with van der Waals surface area (Å²) < 4.78 is 0. The van der Waals surface area contributed by atoms with Crippen molar-refractivity contribution in [2.45, 2.75) is 6.92 Å². The third-order valence-corrected chi connectivity index (χ3v) is 4.09. The van der Waals surface area contributed by atoms with Gasteiger partial charge in [-0.1, -0.05) is 0 Å². The number of benzene rings is 1. The Morgan fingerprint density at radius 2 is 2.05 bits per heavy atom. The van der Waals surface area contributed by atoms with Gasteiger partial charge in [0.25, 0.3) is 5.69 Å². The topological polar surface area (TPSA) is 83.7 Å². The summed E-state index contributed by atoms with van der Waals surface area (Å²) in [7, 11) is 0. The van der Waals surface area contributed by atoms with Gasteiger partial charge in [0.1, 0.15) is 0 Å². The number of anilines is 1. The number of carboxylic acids is 1. The van der Waals surface area contributed by atoms with Gasteiger partial charge in [0, 0.05) is 36.3 Å². The molecule has 2 rings (SSSR count). The van der Waals surface area contributed by atoms with Crippen molar-refractivity contribution in [1.29, 1.82) is 0 Å². The standard InChI is InChI=1S/C12H14N2O4S/c1-8-10(13-2-4-19-5-3-13)6-9(12(15)16)7-11(8)14(17)18/h6-7H,2-5H2,1H3,(H,15,16). The van der Waals surface area contributed by atoms with Crippen LogP contribution < -0.4 is 4.90 Å². The minimum atomic E-state index is -1.14. The number of nitro groups is 1. The molecule has 1 N–H and O–H groups in total. The molecule has 0 saturated carbocycles. The Kier molecular flexibility index (Phi) is 3.94. The van der Waals surface area contributed by atoms with Gasteiger partial charge in [0.05, 0.1) is 16.1 Å². The Morgan fingerprint density at radius 3 is 2.58 bits per heavy atom. The van der Waals surface area contributed by atoms with E-state index in [1.807, 2.05) is 16.7 Å². The number of aromatic carboxylic acids is 1. The van der Waals surface area contributed by atoms with Crippen molar-refractivity contribution in [2.24, 2.45) is 0 Å². The Hall–Kier alpha value is -1.76. The fourth-order valence-corrected chi connectivity index (χ4v) is 3.03. The molecule has 0 spiro atoms. The molecule has 1 fully saturated rings. The number of rotatable bonds is 3. The maximum absolute atomic E-state index is 11.1. The number of nitro benzene ring substituents is 1. The monoisotopic (exact) mass is 282 g/mol. The SMILES string of the molecule is Cc1c(N2CCSCC2)cc(C(=O)O)cc1[N+](=O)[O-]. The summed E-state index contributed by atoms with van der Waals surface area (Å²) in [6, 6.07) is 2.65. The van der Waals surface area contributed by atoms with Crippen LogP contribution in [0.25, 0.3) is 0 Å². The van der Waals surface area contributed by atoms with Gasteiger partial charge in [-0.05, 0) is 13.0 Å². The van der Waals surface area contributed by atoms with Gasteiger partial charge in [-0.2, -0.15) is 11.8 Å². The van der Waals surface area contributed by atoms with E-state index in [-0.39, 0.29) is 11.3 Å². The average molecular weight is 282 g/mol. The summed E-state index contributed by atoms with van der Waals surface area (Å²) in [5, 5.41) is 20.1. The first-order valence-corrected chi connectivity index (χ1v) is 7.01. The van der Waals surface area contributed by atoms with E-state index in [1.54, 1.807) is 6.92 Å². The molecule has 1 aliphatic rings. The van der Waals surface area contributed by atoms with E-state index < -0.39 is 10.9 Å². The molecule has 19 heavy (non-hydrogen) atoms. The molecule has 0 amide bonds. The van der Waals surface area contributed by atoms with E-state index in [9.17, 15) is 14.9 Å². The minimum absolute atomic E-state index is 0.0365. The Labute approximate surface area is 114 Å². The first-order chi connectivity index (χ1) is 9.00. The van der Waals surface area contributed by atoms with Gasteiger partial charge in [-0.15, -0.1) is 0 Å². The van der Waals surface area contributed by atoms with Gasteiger partial charge in [-0.3, -0.25) is 10.1 Å². The molecule has 1 saturated heterocycles. The highest BCUT2D eigenvalue weighted by atomic mass is 32.2. The Bertz CT molecular complexity index is 527. The predicted octanol–water partition coefficient (Wildman–Crippen LogP) is 2.15. The molecule has 7 heteroatoms. The summed E-state index contributed by atoms with van der Waals surface area (Å²) in [5.41, 5.74) is 1.02. The van der Waals surface area contributed by atoms with Gasteiger partial charge in [0.15, 0.2) is 0 Å². The molecule has 0 bridgehead atoms. The van der Waals surface area contributed by atoms with Crippen LogP contribution in [0, 0.1) is 17.0 Å². The molecular formula is C12H14N2O4S. The van der Waals surface area contributed by atoms with Crippen molar-refractivity contribution in [3.05, 3.63) is 33.4 Å². The zero-order chi connectivity index (χ0) is 14.0. The molecule has 1 heterocycles. The molecule has 0 aliphatic carbocycles. The third kappa shape index (κ3) is 2.81. The van der Waals surface area contributed by atoms with Gasteiger partial charge in [0.2, 0.25) is 0 Å². The van der Waals surface area contributed by atoms with Crippen LogP contribution >= 0.6 is 11.8 Å². The van der Waals surface area contributed by atoms with E-state index >= 15 is 0 Å². The molecule has 1 aliphatic heterocycles. The fraction of sp³-hybridized carbons (Fsp3) is 0.417. The van der Waals surface area contributed by atoms with Crippen molar-refractivity contribution >= 4 is 29.1 Å². The van der Waals surface area contributed by atoms with Crippen molar-refractivity contribution in [2.75, 3.05) is 29.5 Å². The number of nitrogens with zero attached hydrogens (tertiary/aromatic N) is 2. The highest BCUT2D eigenvalue weighted by Crippen LogP contribution is 2.31. The maximum atomic E-state index is 11.1. The van der Waals surface area contributed by atoms with Crippen molar-refractivity contribution in [3.8, 4) is 0 Å². The lowest BCUT2D eigenvalue weighted by Crippen LogP contribution is -2.33. The molecule has 102 valence electrons. The van der Waals surface area contributed by atoms with Crippen LogP contribution in [0.3, 0.4) is 0 Å². The minimum Gasteiger partial charge on any atom is -0.478 e. The summed E-state index contributed by atoms with van der Waals surface area (Å²) in [6.07, 6.45) is 0. The smallest absolute Gasteiger partial charge is 0.336 e. The van der Waals surface area contributed by atoms with Gasteiger partial charge in [-0.25, -0.2) is 4.79 Å². The average Bonchev–Trinajstić information content (AvgIpc) is 2.39. The normalized spacial score (nSPS) is 15.3. The zero-order valence-electron chi connectivity index (χ0n) is 10.5. The van der Waals surface area contributed by atoms with E-state index in [1.165, 1.54) is 6.07 Å². The second kappa shape index (κ2) is 5.48. The first-order valence-electron chi connectivity index (χ1n) is 5.85. The lowest BCUT2D eigenvalue weighted by atomic mass is 10.1. The van der Waals surface area contributed by atoms with Gasteiger partial charge >= 0.3 is 5.97 Å². The quantitative estimate of drug-likeness (QED) is 0.675. The second-order valence-electron chi connectivity index (χ2n) is 4.30. The number of hydrogen-bond donors (Lipinski definition) is 1. The maximum Gasteiger partial charge on any atom is 0.336 e. The molecule has 0 unspecified atom stereocenters. The van der Waals surface area contributed by atoms with Crippen LogP contribution in [0.1, 0.15) is 15.9 Å². The summed E-state index contributed by atoms with van der Waals surface area (Å²) in [6.45, 7) is 3.23. The van der Waals surface area contributed by atoms with Crippen LogP contribution in [0.4, 0.5) is 11.4 Å². The van der Waals surface area contributed by atoms with E-state index in [0.717, 1.165) is 30.7 Å². The zero-order valence-corrected chi connectivity index (χ0v) is 11.3. The Balaban J connectivity index is 2.51. The lowest BCUT2D eigenvalue weighted by molar-refractivity contribution is -0.385. The lowest BCUT2D eigenvalue weighted by Gasteiger charge is -2.29. The van der Waals surface area contributed by atoms with Crippen LogP contribution in [0.2, 0.25) is 0 Å². The van der Waals surface area contributed by atoms with Crippen LogP contribution in [0.15, 0.2) is 12.1 Å². The first kappa shape index (κ1) is 13.7. The second-order valence-corrected chi connectivity index (χ2v) is 5.53. The summed E-state index contributed by atoms with van der Waals surface area (Å²) >= 11 is 1.83. The van der Waals surface area contributed by atoms with Crippen molar-refractivity contribution < 1.29 is 14.8 Å². The molecule has 0 atom stereocenters. The summed E-state index contributed by atoms with van der Waals surface area (Å²) in [5.74, 6) is 0.755.